The quantitative estimate of drug-likeness (QED) is 0.747. The minimum atomic E-state index is -0.0140. The molecule has 0 amide bonds. The Labute approximate surface area is 120 Å². The molecule has 1 aliphatic carbocycles. The van der Waals surface area contributed by atoms with E-state index in [2.05, 4.69) is 0 Å². The molecule has 0 saturated heterocycles. The molecular weight excluding hydrogens is 248 g/mol. The zero-order valence-corrected chi connectivity index (χ0v) is 12.8. The van der Waals surface area contributed by atoms with E-state index in [1.165, 1.54) is 0 Å². The van der Waals surface area contributed by atoms with Crippen LogP contribution in [0.25, 0.3) is 0 Å². The van der Waals surface area contributed by atoms with Crippen LogP contribution in [0, 0.1) is 13.8 Å². The fourth-order valence-electron chi connectivity index (χ4n) is 2.42. The van der Waals surface area contributed by atoms with Crippen LogP contribution in [0.4, 0.5) is 0 Å². The summed E-state index contributed by atoms with van der Waals surface area (Å²) in [5, 5.41) is 0. The second kappa shape index (κ2) is 5.20. The summed E-state index contributed by atoms with van der Waals surface area (Å²) >= 11 is 0. The van der Waals surface area contributed by atoms with Crippen molar-refractivity contribution in [1.82, 2.24) is 0 Å². The van der Waals surface area contributed by atoms with E-state index >= 15 is 0 Å². The van der Waals surface area contributed by atoms with Crippen molar-refractivity contribution in [3.8, 4) is 0 Å². The Morgan fingerprint density at radius 1 is 0.950 bits per heavy atom. The summed E-state index contributed by atoms with van der Waals surface area (Å²) in [6.07, 6.45) is 2.53. The molecule has 1 aromatic carbocycles. The first-order chi connectivity index (χ1) is 9.32. The highest BCUT2D eigenvalue weighted by Gasteiger charge is 2.29. The lowest BCUT2D eigenvalue weighted by Crippen LogP contribution is -2.21. The molecule has 0 aliphatic heterocycles. The van der Waals surface area contributed by atoms with E-state index in [1.54, 1.807) is 6.92 Å². The molecule has 104 valence electrons. The van der Waals surface area contributed by atoms with Crippen LogP contribution in [0.5, 0.6) is 0 Å². The molecule has 0 N–H and O–H groups in total. The zero-order valence-electron chi connectivity index (χ0n) is 12.8. The van der Waals surface area contributed by atoms with Crippen LogP contribution in [0.1, 0.15) is 59.0 Å². The van der Waals surface area contributed by atoms with Crippen molar-refractivity contribution in [2.45, 2.75) is 41.0 Å². The molecule has 0 spiro atoms. The van der Waals surface area contributed by atoms with Gasteiger partial charge in [-0.2, -0.15) is 0 Å². The van der Waals surface area contributed by atoms with Gasteiger partial charge >= 0.3 is 0 Å². The van der Waals surface area contributed by atoms with Crippen molar-refractivity contribution in [1.29, 1.82) is 0 Å². The third kappa shape index (κ3) is 2.38. The van der Waals surface area contributed by atoms with Crippen molar-refractivity contribution in [2.24, 2.45) is 0 Å². The van der Waals surface area contributed by atoms with Gasteiger partial charge in [-0.25, -0.2) is 0 Å². The molecule has 0 atom stereocenters. The predicted octanol–water partition coefficient (Wildman–Crippen LogP) is 4.36. The van der Waals surface area contributed by atoms with Crippen LogP contribution in [0.2, 0.25) is 0 Å². The normalized spacial score (nSPS) is 14.4. The smallest absolute Gasteiger partial charge is 0.190 e. The van der Waals surface area contributed by atoms with Gasteiger partial charge in [0.1, 0.15) is 0 Å². The van der Waals surface area contributed by atoms with Crippen molar-refractivity contribution in [2.75, 3.05) is 0 Å². The molecule has 2 heteroatoms. The molecule has 2 nitrogen and oxygen atoms in total. The minimum Gasteiger partial charge on any atom is -0.289 e. The van der Waals surface area contributed by atoms with Crippen LogP contribution in [0.15, 0.2) is 34.9 Å². The van der Waals surface area contributed by atoms with Gasteiger partial charge in [-0.1, -0.05) is 11.6 Å². The minimum absolute atomic E-state index is 0.00213. The van der Waals surface area contributed by atoms with E-state index in [0.717, 1.165) is 16.7 Å². The number of carbonyl (C=O) groups is 2. The summed E-state index contributed by atoms with van der Waals surface area (Å²) in [7, 11) is 0. The molecule has 0 radical (unpaired) electrons. The van der Waals surface area contributed by atoms with Crippen molar-refractivity contribution in [3.63, 3.8) is 0 Å². The Bertz CT molecular complexity index is 669. The summed E-state index contributed by atoms with van der Waals surface area (Å²) in [5.74, 6) is -0.0162. The van der Waals surface area contributed by atoms with E-state index < -0.39 is 0 Å². The molecule has 0 heterocycles. The Balaban J connectivity index is 2.57. The number of Topliss-reactive ketones (excluding diaryl/α,β-unsaturated/α-hetero) is 2. The Hall–Kier alpha value is -1.96. The molecule has 0 fully saturated rings. The lowest BCUT2D eigenvalue weighted by atomic mass is 9.81. The molecule has 0 saturated carbocycles. The fraction of sp³-hybridized carbons (Fsp3) is 0.333. The van der Waals surface area contributed by atoms with Gasteiger partial charge in [0.2, 0.25) is 0 Å². The first-order valence-corrected chi connectivity index (χ1v) is 6.86. The van der Waals surface area contributed by atoms with Crippen LogP contribution in [0.3, 0.4) is 0 Å². The number of allylic oxidation sites excluding steroid dienone is 4. The molecule has 1 aromatic rings. The van der Waals surface area contributed by atoms with Gasteiger partial charge in [0, 0.05) is 22.3 Å². The van der Waals surface area contributed by atoms with Gasteiger partial charge in [-0.15, -0.1) is 0 Å². The van der Waals surface area contributed by atoms with Gasteiger partial charge in [-0.3, -0.25) is 9.59 Å². The van der Waals surface area contributed by atoms with E-state index in [9.17, 15) is 9.59 Å². The maximum absolute atomic E-state index is 12.6. The molecule has 0 aromatic heterocycles. The van der Waals surface area contributed by atoms with E-state index in [0.29, 0.717) is 28.7 Å². The van der Waals surface area contributed by atoms with Crippen LogP contribution in [-0.4, -0.2) is 11.6 Å². The van der Waals surface area contributed by atoms with Gasteiger partial charge < -0.3 is 0 Å². The number of aryl methyl sites for hydroxylation is 2. The summed E-state index contributed by atoms with van der Waals surface area (Å²) in [6, 6.07) is 3.69. The fourth-order valence-corrected chi connectivity index (χ4v) is 2.42. The highest BCUT2D eigenvalue weighted by Crippen LogP contribution is 2.30. The molecule has 2 rings (SSSR count). The van der Waals surface area contributed by atoms with Gasteiger partial charge in [-0.05, 0) is 64.3 Å². The van der Waals surface area contributed by atoms with E-state index in [1.807, 2.05) is 45.9 Å². The molecule has 0 bridgehead atoms. The SMILES string of the molecule is CC(C)=CCC1=C(C)C(=O)c2cc(C)c(C)cc2C1=O. The Morgan fingerprint density at radius 3 is 1.95 bits per heavy atom. The van der Waals surface area contributed by atoms with Crippen molar-refractivity contribution < 1.29 is 9.59 Å². The number of carbonyl (C=O) groups excluding carboxylic acids is 2. The average Bonchev–Trinajstić information content (AvgIpc) is 2.38. The van der Waals surface area contributed by atoms with Crippen LogP contribution in [-0.2, 0) is 0 Å². The second-order valence-corrected chi connectivity index (χ2v) is 5.73. The third-order valence-electron chi connectivity index (χ3n) is 3.90. The average molecular weight is 268 g/mol. The van der Waals surface area contributed by atoms with Gasteiger partial charge in [0.15, 0.2) is 11.6 Å². The van der Waals surface area contributed by atoms with Crippen molar-refractivity contribution in [3.05, 3.63) is 57.2 Å². The third-order valence-corrected chi connectivity index (χ3v) is 3.90. The maximum atomic E-state index is 12.6. The Morgan fingerprint density at radius 2 is 1.45 bits per heavy atom. The van der Waals surface area contributed by atoms with Crippen LogP contribution >= 0.6 is 0 Å². The van der Waals surface area contributed by atoms with Gasteiger partial charge in [0.05, 0.1) is 0 Å². The molecule has 1 aliphatic rings. The number of benzene rings is 1. The summed E-state index contributed by atoms with van der Waals surface area (Å²) in [6.45, 7) is 9.67. The second-order valence-electron chi connectivity index (χ2n) is 5.73. The summed E-state index contributed by atoms with van der Waals surface area (Å²) in [4.78, 5) is 25.1. The van der Waals surface area contributed by atoms with E-state index in [-0.39, 0.29) is 11.6 Å². The van der Waals surface area contributed by atoms with Crippen molar-refractivity contribution >= 4 is 11.6 Å². The largest absolute Gasteiger partial charge is 0.289 e. The topological polar surface area (TPSA) is 34.1 Å². The van der Waals surface area contributed by atoms with E-state index in [4.69, 9.17) is 0 Å². The summed E-state index contributed by atoms with van der Waals surface area (Å²) in [5.41, 5.74) is 5.57. The highest BCUT2D eigenvalue weighted by atomic mass is 16.1. The lowest BCUT2D eigenvalue weighted by Gasteiger charge is -2.20. The number of hydrogen-bond donors (Lipinski definition) is 0. The van der Waals surface area contributed by atoms with Gasteiger partial charge in [0.25, 0.3) is 0 Å². The Kier molecular flexibility index (Phi) is 3.76. The molecule has 20 heavy (non-hydrogen) atoms. The monoisotopic (exact) mass is 268 g/mol. The number of ketones is 2. The maximum Gasteiger partial charge on any atom is 0.190 e. The number of hydrogen-bond acceptors (Lipinski definition) is 2. The zero-order chi connectivity index (χ0) is 15.0. The highest BCUT2D eigenvalue weighted by molar-refractivity contribution is 6.26. The molecule has 0 unspecified atom stereocenters. The number of rotatable bonds is 2. The predicted molar refractivity (Wildman–Crippen MR) is 81.3 cm³/mol. The van der Waals surface area contributed by atoms with Crippen LogP contribution < -0.4 is 0 Å². The number of fused-ring (bicyclic) bond motifs is 1. The summed E-state index contributed by atoms with van der Waals surface area (Å²) < 4.78 is 0. The first kappa shape index (κ1) is 14.4. The first-order valence-electron chi connectivity index (χ1n) is 6.86. The standard InChI is InChI=1S/C18H20O2/c1-10(2)6-7-14-13(5)17(19)15-8-11(3)12(4)9-16(15)18(14)20/h6,8-9H,7H2,1-5H3. The molecular formula is C18H20O2. The lowest BCUT2D eigenvalue weighted by molar-refractivity contribution is 0.0973.